The Morgan fingerprint density at radius 2 is 1.83 bits per heavy atom. The molecule has 0 aliphatic heterocycles. The Bertz CT molecular complexity index is 741. The Labute approximate surface area is 134 Å². The average molecular weight is 322 g/mol. The highest BCUT2D eigenvalue weighted by Gasteiger charge is 2.15. The van der Waals surface area contributed by atoms with E-state index in [1.165, 1.54) is 24.0 Å². The number of esters is 1. The van der Waals surface area contributed by atoms with Crippen LogP contribution in [0.4, 0.5) is 0 Å². The molecule has 0 aromatic carbocycles. The largest absolute Gasteiger partial charge is 0.466 e. The maximum absolute atomic E-state index is 12.5. The van der Waals surface area contributed by atoms with Crippen molar-refractivity contribution < 1.29 is 9.53 Å². The van der Waals surface area contributed by atoms with Crippen molar-refractivity contribution in [2.75, 3.05) is 21.2 Å². The number of hydrazone groups is 1. The smallest absolute Gasteiger partial charge is 0.331 e. The zero-order valence-electron chi connectivity index (χ0n) is 14.1. The second kappa shape index (κ2) is 8.11. The molecule has 0 saturated heterocycles. The predicted octanol–water partition coefficient (Wildman–Crippen LogP) is 0.132. The van der Waals surface area contributed by atoms with Crippen LogP contribution in [0.5, 0.6) is 0 Å². The fourth-order valence-corrected chi connectivity index (χ4v) is 2.01. The van der Waals surface area contributed by atoms with Gasteiger partial charge in [0.25, 0.3) is 5.56 Å². The van der Waals surface area contributed by atoms with Crippen LogP contribution < -0.4 is 11.2 Å². The van der Waals surface area contributed by atoms with Gasteiger partial charge in [0.2, 0.25) is 0 Å². The number of hydrogen-bond acceptors (Lipinski definition) is 6. The van der Waals surface area contributed by atoms with E-state index in [9.17, 15) is 14.4 Å². The molecule has 126 valence electrons. The van der Waals surface area contributed by atoms with Gasteiger partial charge in [-0.1, -0.05) is 0 Å². The van der Waals surface area contributed by atoms with Crippen LogP contribution in [0.3, 0.4) is 0 Å². The fourth-order valence-electron chi connectivity index (χ4n) is 2.01. The number of ether oxygens (including phenoxy) is 1. The van der Waals surface area contributed by atoms with Crippen molar-refractivity contribution in [2.24, 2.45) is 5.10 Å². The Hall–Kier alpha value is -2.64. The molecule has 0 saturated carbocycles. The van der Waals surface area contributed by atoms with Gasteiger partial charge in [-0.2, -0.15) is 5.10 Å². The maximum Gasteiger partial charge on any atom is 0.331 e. The summed E-state index contributed by atoms with van der Waals surface area (Å²) >= 11 is 0. The predicted molar refractivity (Wildman–Crippen MR) is 88.6 cm³/mol. The number of carbonyl (C=O) groups is 1. The van der Waals surface area contributed by atoms with Crippen LogP contribution in [0.2, 0.25) is 0 Å². The molecule has 0 aliphatic rings. The zero-order chi connectivity index (χ0) is 17.6. The molecule has 0 spiro atoms. The van der Waals surface area contributed by atoms with E-state index in [0.717, 1.165) is 10.6 Å². The number of rotatable bonds is 6. The van der Waals surface area contributed by atoms with Crippen molar-refractivity contribution in [1.82, 2.24) is 14.1 Å². The fraction of sp³-hybridized carbons (Fsp3) is 0.467. The highest BCUT2D eigenvalue weighted by atomic mass is 16.5. The first-order chi connectivity index (χ1) is 10.9. The summed E-state index contributed by atoms with van der Waals surface area (Å²) in [6.07, 6.45) is 3.93. The van der Waals surface area contributed by atoms with Gasteiger partial charge in [0.05, 0.1) is 24.6 Å². The third-order valence-electron chi connectivity index (χ3n) is 3.13. The first-order valence-corrected chi connectivity index (χ1v) is 7.22. The summed E-state index contributed by atoms with van der Waals surface area (Å²) in [4.78, 5) is 36.2. The van der Waals surface area contributed by atoms with Crippen LogP contribution in [0.15, 0.2) is 20.8 Å². The van der Waals surface area contributed by atoms with Gasteiger partial charge in [0.15, 0.2) is 0 Å². The molecule has 0 aliphatic carbocycles. The van der Waals surface area contributed by atoms with Crippen molar-refractivity contribution in [3.8, 4) is 0 Å². The molecule has 0 radical (unpaired) electrons. The van der Waals surface area contributed by atoms with E-state index < -0.39 is 17.2 Å². The van der Waals surface area contributed by atoms with E-state index in [-0.39, 0.29) is 12.1 Å². The minimum Gasteiger partial charge on any atom is -0.466 e. The minimum absolute atomic E-state index is 0.212. The standard InChI is InChI=1S/C15H22N4O4/c1-6-18-12(10-16-17(3)4)11(8-9-13(20)23-5)14(21)19(7-2)15(18)22/h8-10H,6-7H2,1-5H3/b9-8+,16-10?. The second-order valence-electron chi connectivity index (χ2n) is 4.82. The Morgan fingerprint density at radius 1 is 1.22 bits per heavy atom. The van der Waals surface area contributed by atoms with Crippen LogP contribution in [0, 0.1) is 0 Å². The molecule has 0 unspecified atom stereocenters. The van der Waals surface area contributed by atoms with Gasteiger partial charge in [-0.25, -0.2) is 9.59 Å². The number of hydrogen-bond donors (Lipinski definition) is 0. The van der Waals surface area contributed by atoms with E-state index in [2.05, 4.69) is 9.84 Å². The van der Waals surface area contributed by atoms with Crippen molar-refractivity contribution >= 4 is 18.3 Å². The summed E-state index contributed by atoms with van der Waals surface area (Å²) in [6.45, 7) is 4.12. The Morgan fingerprint density at radius 3 is 2.30 bits per heavy atom. The topological polar surface area (TPSA) is 85.9 Å². The molecule has 0 N–H and O–H groups in total. The number of methoxy groups -OCH3 is 1. The average Bonchev–Trinajstić information content (AvgIpc) is 2.52. The normalized spacial score (nSPS) is 11.3. The van der Waals surface area contributed by atoms with E-state index in [1.54, 1.807) is 33.0 Å². The first-order valence-electron chi connectivity index (χ1n) is 7.22. The van der Waals surface area contributed by atoms with Crippen LogP contribution in [0.1, 0.15) is 25.1 Å². The highest BCUT2D eigenvalue weighted by Crippen LogP contribution is 2.04. The molecular formula is C15H22N4O4. The SMILES string of the molecule is CCn1c(C=NN(C)C)c(/C=C/C(=O)OC)c(=O)n(CC)c1=O. The van der Waals surface area contributed by atoms with Crippen molar-refractivity contribution in [3.05, 3.63) is 38.2 Å². The van der Waals surface area contributed by atoms with E-state index >= 15 is 0 Å². The van der Waals surface area contributed by atoms with Crippen molar-refractivity contribution in [1.29, 1.82) is 0 Å². The van der Waals surface area contributed by atoms with E-state index in [1.807, 2.05) is 0 Å². The number of aromatic nitrogens is 2. The van der Waals surface area contributed by atoms with Gasteiger partial charge in [0.1, 0.15) is 0 Å². The van der Waals surface area contributed by atoms with Gasteiger partial charge in [-0.15, -0.1) is 0 Å². The van der Waals surface area contributed by atoms with Crippen molar-refractivity contribution in [3.63, 3.8) is 0 Å². The van der Waals surface area contributed by atoms with Crippen LogP contribution in [-0.4, -0.2) is 47.5 Å². The third kappa shape index (κ3) is 4.18. The molecule has 8 nitrogen and oxygen atoms in total. The summed E-state index contributed by atoms with van der Waals surface area (Å²) in [7, 11) is 4.70. The third-order valence-corrected chi connectivity index (χ3v) is 3.13. The summed E-state index contributed by atoms with van der Waals surface area (Å²) in [5.41, 5.74) is -0.316. The molecule has 0 bridgehead atoms. The lowest BCUT2D eigenvalue weighted by atomic mass is 10.2. The van der Waals surface area contributed by atoms with Gasteiger partial charge >= 0.3 is 11.7 Å². The Balaban J connectivity index is 3.74. The van der Waals surface area contributed by atoms with Crippen LogP contribution in [0.25, 0.3) is 6.08 Å². The summed E-state index contributed by atoms with van der Waals surface area (Å²) in [5.74, 6) is -0.586. The van der Waals surface area contributed by atoms with Gasteiger partial charge in [-0.05, 0) is 19.9 Å². The maximum atomic E-state index is 12.5. The minimum atomic E-state index is -0.586. The lowest BCUT2D eigenvalue weighted by molar-refractivity contribution is -0.134. The molecule has 0 amide bonds. The lowest BCUT2D eigenvalue weighted by Crippen LogP contribution is -2.42. The van der Waals surface area contributed by atoms with Gasteiger partial charge in [-0.3, -0.25) is 13.9 Å². The molecule has 1 aromatic heterocycles. The highest BCUT2D eigenvalue weighted by molar-refractivity contribution is 5.90. The molecule has 0 atom stereocenters. The zero-order valence-corrected chi connectivity index (χ0v) is 14.1. The van der Waals surface area contributed by atoms with Crippen LogP contribution in [-0.2, 0) is 22.6 Å². The number of nitrogens with zero attached hydrogens (tertiary/aromatic N) is 4. The molecule has 23 heavy (non-hydrogen) atoms. The lowest BCUT2D eigenvalue weighted by Gasteiger charge is -2.14. The molecule has 1 aromatic rings. The molecule has 0 fully saturated rings. The Kier molecular flexibility index (Phi) is 6.49. The molecule has 1 heterocycles. The van der Waals surface area contributed by atoms with Gasteiger partial charge < -0.3 is 9.75 Å². The first kappa shape index (κ1) is 18.4. The van der Waals surface area contributed by atoms with Crippen molar-refractivity contribution in [2.45, 2.75) is 26.9 Å². The summed E-state index contributed by atoms with van der Waals surface area (Å²) in [6, 6.07) is 0. The quantitative estimate of drug-likeness (QED) is 0.322. The molecule has 8 heteroatoms. The van der Waals surface area contributed by atoms with Gasteiger partial charge in [0, 0.05) is 33.3 Å². The summed E-state index contributed by atoms with van der Waals surface area (Å²) < 4.78 is 7.10. The molecular weight excluding hydrogens is 300 g/mol. The summed E-state index contributed by atoms with van der Waals surface area (Å²) in [5, 5.41) is 5.64. The van der Waals surface area contributed by atoms with Crippen LogP contribution >= 0.6 is 0 Å². The molecule has 1 rings (SSSR count). The monoisotopic (exact) mass is 322 g/mol. The number of carbonyl (C=O) groups excluding carboxylic acids is 1. The van der Waals surface area contributed by atoms with E-state index in [0.29, 0.717) is 12.2 Å². The second-order valence-corrected chi connectivity index (χ2v) is 4.82. The van der Waals surface area contributed by atoms with E-state index in [4.69, 9.17) is 0 Å².